The van der Waals surface area contributed by atoms with Crippen LogP contribution in [0, 0.1) is 0 Å². The van der Waals surface area contributed by atoms with Crippen molar-refractivity contribution in [2.45, 2.75) is 33.1 Å². The van der Waals surface area contributed by atoms with Crippen LogP contribution in [0.1, 0.15) is 33.1 Å². The highest BCUT2D eigenvalue weighted by Gasteiger charge is 2.00. The van der Waals surface area contributed by atoms with Gasteiger partial charge in [0.1, 0.15) is 12.4 Å². The van der Waals surface area contributed by atoms with Gasteiger partial charge in [0, 0.05) is 25.9 Å². The maximum Gasteiger partial charge on any atom is 0.119 e. The van der Waals surface area contributed by atoms with Gasteiger partial charge in [-0.25, -0.2) is 0 Å². The Morgan fingerprint density at radius 2 is 1.14 bits per heavy atom. The molecule has 0 amide bonds. The molecule has 0 aliphatic rings. The van der Waals surface area contributed by atoms with Crippen molar-refractivity contribution < 1.29 is 23.7 Å². The fourth-order valence-electron chi connectivity index (χ4n) is 2.49. The molecule has 0 radical (unpaired) electrons. The fraction of sp³-hybridized carbons (Fsp3) is 0.727. The van der Waals surface area contributed by atoms with Crippen molar-refractivity contribution in [1.82, 2.24) is 0 Å². The summed E-state index contributed by atoms with van der Waals surface area (Å²) in [6, 6.07) is 8.16. The first-order valence-corrected chi connectivity index (χ1v) is 10.5. The molecule has 0 saturated carbocycles. The van der Waals surface area contributed by atoms with E-state index in [1.807, 2.05) is 12.1 Å². The molecule has 6 heteroatoms. The van der Waals surface area contributed by atoms with Gasteiger partial charge in [-0.3, -0.25) is 0 Å². The molecule has 0 atom stereocenters. The Bertz CT molecular complexity index is 455. The van der Waals surface area contributed by atoms with Crippen molar-refractivity contribution in [3.63, 3.8) is 0 Å². The van der Waals surface area contributed by atoms with Gasteiger partial charge in [-0.1, -0.05) is 20.3 Å². The van der Waals surface area contributed by atoms with E-state index in [4.69, 9.17) is 23.7 Å². The van der Waals surface area contributed by atoms with Gasteiger partial charge in [0.25, 0.3) is 0 Å². The van der Waals surface area contributed by atoms with Crippen molar-refractivity contribution in [2.24, 2.45) is 0 Å². The predicted molar refractivity (Wildman–Crippen MR) is 114 cm³/mol. The van der Waals surface area contributed by atoms with Crippen LogP contribution < -0.4 is 9.64 Å². The lowest BCUT2D eigenvalue weighted by atomic mass is 10.2. The number of ether oxygens (including phenoxy) is 5. The predicted octanol–water partition coefficient (Wildman–Crippen LogP) is 3.78. The smallest absolute Gasteiger partial charge is 0.119 e. The van der Waals surface area contributed by atoms with E-state index >= 15 is 0 Å². The van der Waals surface area contributed by atoms with Gasteiger partial charge in [0.2, 0.25) is 0 Å². The standard InChI is InChI=1S/C22H39NO5/c1-4-6-12-24-13-14-25-15-16-26-17-18-27-19-20-28-22-9-7-21(8-10-22)23(3)11-5-2/h7-10H,4-6,11-20H2,1-3H3. The molecule has 1 rings (SSSR count). The molecule has 0 aliphatic heterocycles. The molecule has 1 aromatic rings. The number of rotatable bonds is 19. The molecular formula is C22H39NO5. The summed E-state index contributed by atoms with van der Waals surface area (Å²) in [5, 5.41) is 0. The van der Waals surface area contributed by atoms with Crippen molar-refractivity contribution in [3.8, 4) is 5.75 Å². The summed E-state index contributed by atoms with van der Waals surface area (Å²) in [6.07, 6.45) is 3.40. The van der Waals surface area contributed by atoms with Crippen molar-refractivity contribution >= 4 is 5.69 Å². The molecule has 0 bridgehead atoms. The summed E-state index contributed by atoms with van der Waals surface area (Å²) >= 11 is 0. The molecule has 1 aromatic carbocycles. The minimum Gasteiger partial charge on any atom is -0.491 e. The highest BCUT2D eigenvalue weighted by Crippen LogP contribution is 2.18. The van der Waals surface area contributed by atoms with E-state index in [2.05, 4.69) is 37.9 Å². The summed E-state index contributed by atoms with van der Waals surface area (Å²) in [4.78, 5) is 2.24. The SMILES string of the molecule is CCCCOCCOCCOCCOCCOc1ccc(N(C)CCC)cc1. The summed E-state index contributed by atoms with van der Waals surface area (Å²) in [5.41, 5.74) is 1.20. The molecular weight excluding hydrogens is 358 g/mol. The second kappa shape index (κ2) is 17.7. The van der Waals surface area contributed by atoms with Gasteiger partial charge in [-0.05, 0) is 37.1 Å². The topological polar surface area (TPSA) is 49.4 Å². The average Bonchev–Trinajstić information content (AvgIpc) is 2.71. The maximum absolute atomic E-state index is 5.69. The maximum atomic E-state index is 5.69. The van der Waals surface area contributed by atoms with Crippen LogP contribution in [0.5, 0.6) is 5.75 Å². The molecule has 28 heavy (non-hydrogen) atoms. The quantitative estimate of drug-likeness (QED) is 0.331. The molecule has 0 saturated heterocycles. The molecule has 0 fully saturated rings. The number of anilines is 1. The van der Waals surface area contributed by atoms with Gasteiger partial charge in [0.05, 0.1) is 46.2 Å². The van der Waals surface area contributed by atoms with E-state index in [9.17, 15) is 0 Å². The molecule has 0 N–H and O–H groups in total. The van der Waals surface area contributed by atoms with Crippen LogP contribution >= 0.6 is 0 Å². The fourth-order valence-corrected chi connectivity index (χ4v) is 2.49. The minimum absolute atomic E-state index is 0.533. The van der Waals surface area contributed by atoms with Crippen LogP contribution in [0.15, 0.2) is 24.3 Å². The number of hydrogen-bond acceptors (Lipinski definition) is 6. The summed E-state index contributed by atoms with van der Waals surface area (Å²) in [5.74, 6) is 0.865. The molecule has 0 aliphatic carbocycles. The van der Waals surface area contributed by atoms with Crippen LogP contribution in [0.3, 0.4) is 0 Å². The van der Waals surface area contributed by atoms with E-state index in [1.54, 1.807) is 0 Å². The van der Waals surface area contributed by atoms with E-state index in [1.165, 1.54) is 5.69 Å². The Morgan fingerprint density at radius 1 is 0.643 bits per heavy atom. The zero-order valence-electron chi connectivity index (χ0n) is 18.0. The second-order valence-electron chi connectivity index (χ2n) is 6.57. The minimum atomic E-state index is 0.533. The molecule has 162 valence electrons. The van der Waals surface area contributed by atoms with Crippen LogP contribution in [0.25, 0.3) is 0 Å². The van der Waals surface area contributed by atoms with Crippen LogP contribution in [0.4, 0.5) is 5.69 Å². The van der Waals surface area contributed by atoms with Gasteiger partial charge >= 0.3 is 0 Å². The van der Waals surface area contributed by atoms with Crippen molar-refractivity contribution in [2.75, 3.05) is 78.0 Å². The largest absolute Gasteiger partial charge is 0.491 e. The molecule has 0 unspecified atom stereocenters. The number of benzene rings is 1. The third-order valence-electron chi connectivity index (χ3n) is 4.09. The highest BCUT2D eigenvalue weighted by atomic mass is 16.6. The summed E-state index contributed by atoms with van der Waals surface area (Å²) in [6.45, 7) is 10.8. The van der Waals surface area contributed by atoms with E-state index in [-0.39, 0.29) is 0 Å². The third-order valence-corrected chi connectivity index (χ3v) is 4.09. The average molecular weight is 398 g/mol. The van der Waals surface area contributed by atoms with E-state index < -0.39 is 0 Å². The summed E-state index contributed by atoms with van der Waals surface area (Å²) < 4.78 is 27.5. The number of nitrogens with zero attached hydrogens (tertiary/aromatic N) is 1. The van der Waals surface area contributed by atoms with Gasteiger partial charge < -0.3 is 28.6 Å². The van der Waals surface area contributed by atoms with Gasteiger partial charge in [0.15, 0.2) is 0 Å². The van der Waals surface area contributed by atoms with E-state index in [0.29, 0.717) is 52.9 Å². The lowest BCUT2D eigenvalue weighted by Gasteiger charge is -2.18. The zero-order valence-corrected chi connectivity index (χ0v) is 18.0. The Morgan fingerprint density at radius 3 is 1.64 bits per heavy atom. The number of unbranched alkanes of at least 4 members (excludes halogenated alkanes) is 1. The van der Waals surface area contributed by atoms with Crippen molar-refractivity contribution in [3.05, 3.63) is 24.3 Å². The highest BCUT2D eigenvalue weighted by molar-refractivity contribution is 5.48. The molecule has 0 aromatic heterocycles. The summed E-state index contributed by atoms with van der Waals surface area (Å²) in [7, 11) is 2.10. The number of hydrogen-bond donors (Lipinski definition) is 0. The first-order chi connectivity index (χ1) is 13.8. The lowest BCUT2D eigenvalue weighted by Crippen LogP contribution is -2.17. The Hall–Kier alpha value is -1.34. The lowest BCUT2D eigenvalue weighted by molar-refractivity contribution is -0.00478. The normalized spacial score (nSPS) is 11.0. The van der Waals surface area contributed by atoms with Crippen molar-refractivity contribution in [1.29, 1.82) is 0 Å². The van der Waals surface area contributed by atoms with E-state index in [0.717, 1.165) is 38.2 Å². The monoisotopic (exact) mass is 397 g/mol. The molecule has 0 spiro atoms. The second-order valence-corrected chi connectivity index (χ2v) is 6.57. The van der Waals surface area contributed by atoms with Gasteiger partial charge in [-0.15, -0.1) is 0 Å². The van der Waals surface area contributed by atoms with Crippen LogP contribution in [-0.4, -0.2) is 73.1 Å². The Balaban J connectivity index is 1.87. The van der Waals surface area contributed by atoms with Gasteiger partial charge in [-0.2, -0.15) is 0 Å². The van der Waals surface area contributed by atoms with Crippen LogP contribution in [0.2, 0.25) is 0 Å². The first kappa shape index (κ1) is 24.7. The first-order valence-electron chi connectivity index (χ1n) is 10.5. The van der Waals surface area contributed by atoms with Crippen LogP contribution in [-0.2, 0) is 18.9 Å². The molecule has 0 heterocycles. The zero-order chi connectivity index (χ0) is 20.3. The Labute approximate surface area is 171 Å². The Kier molecular flexibility index (Phi) is 15.6. The third kappa shape index (κ3) is 12.9. The molecule has 6 nitrogen and oxygen atoms in total.